The number of aromatic nitrogens is 3. The summed E-state index contributed by atoms with van der Waals surface area (Å²) in [5.74, 6) is -1.15. The molecule has 8 nitrogen and oxygen atoms in total. The van der Waals surface area contributed by atoms with Crippen molar-refractivity contribution in [3.8, 4) is 10.6 Å². The SMILES string of the molecule is CC1CN(Cc2ccc(Cl)c(-c3nccs3)c2)CCN1C(=O)n1ccc(C(=O)O)n1. The number of aromatic carboxylic acids is 1. The lowest BCUT2D eigenvalue weighted by Gasteiger charge is -2.39. The van der Waals surface area contributed by atoms with Crippen LogP contribution in [0.4, 0.5) is 4.79 Å². The number of carboxylic acids is 1. The van der Waals surface area contributed by atoms with Gasteiger partial charge in [0.2, 0.25) is 0 Å². The number of hydrogen-bond donors (Lipinski definition) is 1. The van der Waals surface area contributed by atoms with Crippen molar-refractivity contribution in [3.63, 3.8) is 0 Å². The zero-order valence-corrected chi connectivity index (χ0v) is 17.8. The van der Waals surface area contributed by atoms with E-state index in [4.69, 9.17) is 16.7 Å². The molecule has 0 aliphatic carbocycles. The molecule has 1 atom stereocenters. The van der Waals surface area contributed by atoms with Gasteiger partial charge in [-0.15, -0.1) is 11.3 Å². The van der Waals surface area contributed by atoms with E-state index >= 15 is 0 Å². The van der Waals surface area contributed by atoms with Crippen molar-refractivity contribution >= 4 is 34.9 Å². The molecule has 2 aromatic heterocycles. The van der Waals surface area contributed by atoms with Crippen LogP contribution in [0.3, 0.4) is 0 Å². The van der Waals surface area contributed by atoms with Gasteiger partial charge in [0.25, 0.3) is 0 Å². The molecule has 30 heavy (non-hydrogen) atoms. The van der Waals surface area contributed by atoms with Gasteiger partial charge in [-0.2, -0.15) is 9.78 Å². The predicted molar refractivity (Wildman–Crippen MR) is 114 cm³/mol. The second-order valence-electron chi connectivity index (χ2n) is 7.16. The van der Waals surface area contributed by atoms with E-state index in [-0.39, 0.29) is 17.8 Å². The fourth-order valence-corrected chi connectivity index (χ4v) is 4.52. The van der Waals surface area contributed by atoms with Crippen LogP contribution in [0, 0.1) is 0 Å². The molecule has 1 aliphatic rings. The molecule has 1 amide bonds. The maximum absolute atomic E-state index is 12.7. The fourth-order valence-electron chi connectivity index (χ4n) is 3.59. The summed E-state index contributed by atoms with van der Waals surface area (Å²) < 4.78 is 1.09. The van der Waals surface area contributed by atoms with Gasteiger partial charge in [0.05, 0.1) is 5.02 Å². The van der Waals surface area contributed by atoms with Crippen molar-refractivity contribution in [2.45, 2.75) is 19.5 Å². The van der Waals surface area contributed by atoms with E-state index in [1.807, 2.05) is 24.4 Å². The molecule has 1 unspecified atom stereocenters. The van der Waals surface area contributed by atoms with Crippen LogP contribution in [-0.2, 0) is 6.54 Å². The average molecular weight is 446 g/mol. The van der Waals surface area contributed by atoms with Crippen LogP contribution in [0.15, 0.2) is 42.0 Å². The lowest BCUT2D eigenvalue weighted by molar-refractivity contribution is 0.0689. The van der Waals surface area contributed by atoms with Crippen LogP contribution < -0.4 is 0 Å². The van der Waals surface area contributed by atoms with Gasteiger partial charge in [-0.3, -0.25) is 4.90 Å². The van der Waals surface area contributed by atoms with Crippen LogP contribution in [-0.4, -0.2) is 67.3 Å². The van der Waals surface area contributed by atoms with E-state index in [9.17, 15) is 9.59 Å². The summed E-state index contributed by atoms with van der Waals surface area (Å²) in [4.78, 5) is 32.1. The molecular weight excluding hydrogens is 426 g/mol. The minimum absolute atomic E-state index is 0.0329. The van der Waals surface area contributed by atoms with Gasteiger partial charge in [0, 0.05) is 55.6 Å². The Kier molecular flexibility index (Phi) is 5.85. The number of thiazole rings is 1. The Hall–Kier alpha value is -2.75. The predicted octanol–water partition coefficient (Wildman–Crippen LogP) is 3.53. The van der Waals surface area contributed by atoms with E-state index in [0.29, 0.717) is 24.7 Å². The number of amides is 1. The number of halogens is 1. The third-order valence-electron chi connectivity index (χ3n) is 5.06. The molecule has 0 saturated carbocycles. The van der Waals surface area contributed by atoms with Crippen LogP contribution in [0.25, 0.3) is 10.6 Å². The number of rotatable bonds is 4. The summed E-state index contributed by atoms with van der Waals surface area (Å²) >= 11 is 7.90. The standard InChI is InChI=1S/C20H20ClN5O3S/c1-13-11-24(7-8-25(13)20(29)26-6-4-17(23-26)19(27)28)12-14-2-3-16(21)15(10-14)18-22-5-9-30-18/h2-6,9-10,13H,7-8,11-12H2,1H3,(H,27,28). The smallest absolute Gasteiger partial charge is 0.356 e. The monoisotopic (exact) mass is 445 g/mol. The molecule has 0 radical (unpaired) electrons. The molecule has 156 valence electrons. The van der Waals surface area contributed by atoms with Crippen molar-refractivity contribution in [1.29, 1.82) is 0 Å². The first-order chi connectivity index (χ1) is 14.4. The van der Waals surface area contributed by atoms with Crippen molar-refractivity contribution < 1.29 is 14.7 Å². The molecule has 1 fully saturated rings. The topological polar surface area (TPSA) is 91.6 Å². The second-order valence-corrected chi connectivity index (χ2v) is 8.46. The van der Waals surface area contributed by atoms with Gasteiger partial charge in [-0.25, -0.2) is 14.6 Å². The first kappa shape index (κ1) is 20.5. The van der Waals surface area contributed by atoms with Crippen molar-refractivity contribution in [2.24, 2.45) is 0 Å². The Labute approximate surface area is 182 Å². The van der Waals surface area contributed by atoms with Crippen LogP contribution in [0.1, 0.15) is 23.0 Å². The molecule has 1 N–H and O–H groups in total. The summed E-state index contributed by atoms with van der Waals surface area (Å²) in [6, 6.07) is 6.96. The number of piperazine rings is 1. The summed E-state index contributed by atoms with van der Waals surface area (Å²) in [5, 5.41) is 16.3. The zero-order chi connectivity index (χ0) is 21.3. The number of carboxylic acid groups (broad SMARTS) is 1. The molecular formula is C20H20ClN5O3S. The highest BCUT2D eigenvalue weighted by Gasteiger charge is 2.29. The van der Waals surface area contributed by atoms with Crippen molar-refractivity contribution in [3.05, 3.63) is 58.3 Å². The molecule has 1 aliphatic heterocycles. The number of carbonyl (C=O) groups excluding carboxylic acids is 1. The largest absolute Gasteiger partial charge is 0.476 e. The summed E-state index contributed by atoms with van der Waals surface area (Å²) in [6.45, 7) is 4.67. The fraction of sp³-hybridized carbons (Fsp3) is 0.300. The van der Waals surface area contributed by atoms with Gasteiger partial charge in [0.15, 0.2) is 5.69 Å². The van der Waals surface area contributed by atoms with E-state index < -0.39 is 5.97 Å². The quantitative estimate of drug-likeness (QED) is 0.660. The highest BCUT2D eigenvalue weighted by molar-refractivity contribution is 7.13. The third kappa shape index (κ3) is 4.23. The van der Waals surface area contributed by atoms with Crippen LogP contribution >= 0.6 is 22.9 Å². The number of hydrogen-bond acceptors (Lipinski definition) is 6. The van der Waals surface area contributed by atoms with Crippen LogP contribution in [0.2, 0.25) is 5.02 Å². The van der Waals surface area contributed by atoms with Gasteiger partial charge in [-0.05, 0) is 30.7 Å². The number of nitrogens with zero attached hydrogens (tertiary/aromatic N) is 5. The Morgan fingerprint density at radius 3 is 2.80 bits per heavy atom. The maximum atomic E-state index is 12.7. The second kappa shape index (κ2) is 8.55. The van der Waals surface area contributed by atoms with Crippen LogP contribution in [0.5, 0.6) is 0 Å². The molecule has 10 heteroatoms. The van der Waals surface area contributed by atoms with Gasteiger partial charge in [0.1, 0.15) is 5.01 Å². The summed E-state index contributed by atoms with van der Waals surface area (Å²) in [6.07, 6.45) is 3.15. The molecule has 0 bridgehead atoms. The Morgan fingerprint density at radius 2 is 2.13 bits per heavy atom. The molecule has 4 rings (SSSR count). The molecule has 0 spiro atoms. The number of carbonyl (C=O) groups is 2. The molecule has 1 saturated heterocycles. The van der Waals surface area contributed by atoms with E-state index in [0.717, 1.165) is 27.4 Å². The van der Waals surface area contributed by atoms with Crippen molar-refractivity contribution in [1.82, 2.24) is 24.6 Å². The first-order valence-electron chi connectivity index (χ1n) is 9.43. The minimum atomic E-state index is -1.15. The first-order valence-corrected chi connectivity index (χ1v) is 10.7. The maximum Gasteiger partial charge on any atom is 0.356 e. The lowest BCUT2D eigenvalue weighted by atomic mass is 10.1. The van der Waals surface area contributed by atoms with Gasteiger partial charge >= 0.3 is 12.0 Å². The summed E-state index contributed by atoms with van der Waals surface area (Å²) in [7, 11) is 0. The van der Waals surface area contributed by atoms with E-state index in [1.54, 1.807) is 22.4 Å². The normalized spacial score (nSPS) is 17.3. The van der Waals surface area contributed by atoms with Gasteiger partial charge in [-0.1, -0.05) is 17.7 Å². The molecule has 3 heterocycles. The summed E-state index contributed by atoms with van der Waals surface area (Å²) in [5.41, 5.74) is 1.92. The number of benzene rings is 1. The lowest BCUT2D eigenvalue weighted by Crippen LogP contribution is -2.54. The minimum Gasteiger partial charge on any atom is -0.476 e. The zero-order valence-electron chi connectivity index (χ0n) is 16.2. The highest BCUT2D eigenvalue weighted by Crippen LogP contribution is 2.30. The van der Waals surface area contributed by atoms with E-state index in [2.05, 4.69) is 21.0 Å². The Bertz CT molecular complexity index is 1070. The molecule has 3 aromatic rings. The molecule has 1 aromatic carbocycles. The van der Waals surface area contributed by atoms with E-state index in [1.165, 1.54) is 12.3 Å². The Balaban J connectivity index is 1.42. The third-order valence-corrected chi connectivity index (χ3v) is 6.20. The van der Waals surface area contributed by atoms with Crippen molar-refractivity contribution in [2.75, 3.05) is 19.6 Å². The van der Waals surface area contributed by atoms with Gasteiger partial charge < -0.3 is 10.0 Å². The highest BCUT2D eigenvalue weighted by atomic mass is 35.5. The Morgan fingerprint density at radius 1 is 1.30 bits per heavy atom. The average Bonchev–Trinajstić information content (AvgIpc) is 3.41.